The molecule has 1 aromatic carbocycles. The minimum absolute atomic E-state index is 0.103. The first-order valence-corrected chi connectivity index (χ1v) is 11.0. The van der Waals surface area contributed by atoms with E-state index in [9.17, 15) is 14.7 Å². The number of ether oxygens (including phenoxy) is 1. The van der Waals surface area contributed by atoms with Crippen LogP contribution in [0.15, 0.2) is 29.6 Å². The van der Waals surface area contributed by atoms with Crippen LogP contribution in [0.2, 0.25) is 0 Å². The van der Waals surface area contributed by atoms with Gasteiger partial charge in [0, 0.05) is 29.2 Å². The van der Waals surface area contributed by atoms with Gasteiger partial charge >= 0.3 is 12.2 Å². The largest absolute Gasteiger partial charge is 0.465 e. The third-order valence-electron chi connectivity index (χ3n) is 5.42. The third-order valence-corrected chi connectivity index (χ3v) is 6.41. The highest BCUT2D eigenvalue weighted by Crippen LogP contribution is 2.35. The number of carboxylic acid groups (broad SMARTS) is 1. The van der Waals surface area contributed by atoms with Crippen LogP contribution < -0.4 is 5.32 Å². The zero-order chi connectivity index (χ0) is 21.9. The number of thiazole rings is 1. The molecule has 1 aromatic heterocycles. The van der Waals surface area contributed by atoms with Crippen LogP contribution in [-0.2, 0) is 4.74 Å². The Kier molecular flexibility index (Phi) is 6.65. The number of nitrogens with zero attached hydrogens (tertiary/aromatic N) is 2. The van der Waals surface area contributed by atoms with Crippen molar-refractivity contribution >= 4 is 29.2 Å². The predicted octanol–water partition coefficient (Wildman–Crippen LogP) is 5.47. The van der Waals surface area contributed by atoms with Crippen LogP contribution in [0, 0.1) is 18.3 Å². The number of para-hydroxylation sites is 1. The Hall–Kier alpha value is -2.61. The van der Waals surface area contributed by atoms with E-state index in [2.05, 4.69) is 10.3 Å². The zero-order valence-electron chi connectivity index (χ0n) is 17.8. The second kappa shape index (κ2) is 9.04. The van der Waals surface area contributed by atoms with Gasteiger partial charge in [0.05, 0.1) is 12.3 Å². The van der Waals surface area contributed by atoms with Gasteiger partial charge in [-0.05, 0) is 43.2 Å². The molecule has 8 heteroatoms. The molecule has 1 aliphatic heterocycles. The first-order valence-electron chi connectivity index (χ1n) is 10.1. The SMILES string of the molecule is Cc1csc(-c2ccccc2NC(=O)OCC2CCN(C(=O)O)C(C(C)(C)C)C2)n1. The molecule has 2 aromatic rings. The van der Waals surface area contributed by atoms with Crippen molar-refractivity contribution in [2.24, 2.45) is 11.3 Å². The maximum Gasteiger partial charge on any atom is 0.411 e. The van der Waals surface area contributed by atoms with Crippen molar-refractivity contribution in [3.8, 4) is 10.6 Å². The van der Waals surface area contributed by atoms with Gasteiger partial charge in [0.2, 0.25) is 0 Å². The molecule has 2 heterocycles. The lowest BCUT2D eigenvalue weighted by atomic mass is 9.77. The van der Waals surface area contributed by atoms with Gasteiger partial charge in [-0.25, -0.2) is 14.6 Å². The predicted molar refractivity (Wildman–Crippen MR) is 118 cm³/mol. The lowest BCUT2D eigenvalue weighted by molar-refractivity contribution is 0.0247. The quantitative estimate of drug-likeness (QED) is 0.669. The average molecular weight is 432 g/mol. The highest BCUT2D eigenvalue weighted by molar-refractivity contribution is 7.13. The van der Waals surface area contributed by atoms with Gasteiger partial charge in [-0.15, -0.1) is 11.3 Å². The first kappa shape index (κ1) is 22.1. The summed E-state index contributed by atoms with van der Waals surface area (Å²) < 4.78 is 5.51. The summed E-state index contributed by atoms with van der Waals surface area (Å²) in [5.74, 6) is 0.132. The van der Waals surface area contributed by atoms with Crippen LogP contribution >= 0.6 is 11.3 Å². The molecular weight excluding hydrogens is 402 g/mol. The van der Waals surface area contributed by atoms with Crippen LogP contribution in [0.3, 0.4) is 0 Å². The first-order chi connectivity index (χ1) is 14.1. The molecule has 1 saturated heterocycles. The molecule has 2 N–H and O–H groups in total. The van der Waals surface area contributed by atoms with Crippen molar-refractivity contribution in [1.82, 2.24) is 9.88 Å². The maximum atomic E-state index is 12.4. The number of anilines is 1. The van der Waals surface area contributed by atoms with E-state index >= 15 is 0 Å². The number of carbonyl (C=O) groups excluding carboxylic acids is 1. The Morgan fingerprint density at radius 2 is 2.07 bits per heavy atom. The molecule has 0 spiro atoms. The van der Waals surface area contributed by atoms with Gasteiger partial charge in [0.1, 0.15) is 5.01 Å². The number of aryl methyl sites for hydroxylation is 1. The molecule has 30 heavy (non-hydrogen) atoms. The number of likely N-dealkylation sites (tertiary alicyclic amines) is 1. The van der Waals surface area contributed by atoms with Crippen LogP contribution in [0.1, 0.15) is 39.3 Å². The summed E-state index contributed by atoms with van der Waals surface area (Å²) in [6, 6.07) is 7.41. The smallest absolute Gasteiger partial charge is 0.411 e. The fourth-order valence-corrected chi connectivity index (χ4v) is 4.67. The van der Waals surface area contributed by atoms with Crippen molar-refractivity contribution in [2.75, 3.05) is 18.5 Å². The summed E-state index contributed by atoms with van der Waals surface area (Å²) >= 11 is 1.53. The van der Waals surface area contributed by atoms with Gasteiger partial charge in [0.25, 0.3) is 0 Å². The van der Waals surface area contributed by atoms with Gasteiger partial charge in [0.15, 0.2) is 0 Å². The highest BCUT2D eigenvalue weighted by Gasteiger charge is 2.38. The number of benzene rings is 1. The molecule has 0 radical (unpaired) electrons. The fourth-order valence-electron chi connectivity index (χ4n) is 3.84. The van der Waals surface area contributed by atoms with E-state index in [1.54, 1.807) is 0 Å². The van der Waals surface area contributed by atoms with E-state index in [0.29, 0.717) is 25.1 Å². The molecule has 1 aliphatic rings. The summed E-state index contributed by atoms with van der Waals surface area (Å²) in [5.41, 5.74) is 2.28. The average Bonchev–Trinajstić information content (AvgIpc) is 3.12. The summed E-state index contributed by atoms with van der Waals surface area (Å²) in [4.78, 5) is 30.0. The van der Waals surface area contributed by atoms with E-state index in [1.807, 2.05) is 57.3 Å². The van der Waals surface area contributed by atoms with Crippen LogP contribution in [0.25, 0.3) is 10.6 Å². The lowest BCUT2D eigenvalue weighted by Crippen LogP contribution is -2.52. The second-order valence-electron chi connectivity index (χ2n) is 8.81. The van der Waals surface area contributed by atoms with Crippen molar-refractivity contribution < 1.29 is 19.4 Å². The normalized spacial score (nSPS) is 19.4. The topological polar surface area (TPSA) is 91.8 Å². The van der Waals surface area contributed by atoms with Crippen LogP contribution in [0.4, 0.5) is 15.3 Å². The highest BCUT2D eigenvalue weighted by atomic mass is 32.1. The Bertz CT molecular complexity index is 906. The molecule has 0 saturated carbocycles. The fraction of sp³-hybridized carbons (Fsp3) is 0.500. The molecule has 7 nitrogen and oxygen atoms in total. The van der Waals surface area contributed by atoms with E-state index in [4.69, 9.17) is 4.74 Å². The number of hydrogen-bond acceptors (Lipinski definition) is 5. The summed E-state index contributed by atoms with van der Waals surface area (Å²) in [7, 11) is 0. The third kappa shape index (κ3) is 5.30. The van der Waals surface area contributed by atoms with Gasteiger partial charge in [-0.2, -0.15) is 0 Å². The molecule has 2 unspecified atom stereocenters. The number of aromatic nitrogens is 1. The summed E-state index contributed by atoms with van der Waals surface area (Å²) in [5, 5.41) is 15.1. The number of carbonyl (C=O) groups is 2. The van der Waals surface area contributed by atoms with Crippen LogP contribution in [0.5, 0.6) is 0 Å². The summed E-state index contributed by atoms with van der Waals surface area (Å²) in [6.45, 7) is 8.79. The summed E-state index contributed by atoms with van der Waals surface area (Å²) in [6.07, 6.45) is -0.0380. The van der Waals surface area contributed by atoms with E-state index < -0.39 is 12.2 Å². The Labute approximate surface area is 181 Å². The number of piperidine rings is 1. The Balaban J connectivity index is 1.60. The van der Waals surface area contributed by atoms with Gasteiger partial charge in [-0.1, -0.05) is 32.9 Å². The molecule has 0 aliphatic carbocycles. The minimum atomic E-state index is -0.888. The zero-order valence-corrected chi connectivity index (χ0v) is 18.7. The van der Waals surface area contributed by atoms with E-state index in [-0.39, 0.29) is 24.0 Å². The van der Waals surface area contributed by atoms with Crippen molar-refractivity contribution in [1.29, 1.82) is 0 Å². The standard InChI is InChI=1S/C22H29N3O4S/c1-14-13-30-19(23-14)16-7-5-6-8-17(16)24-20(26)29-12-15-9-10-25(21(27)28)18(11-15)22(2,3)4/h5-8,13,15,18H,9-12H2,1-4H3,(H,24,26)(H,27,28). The molecule has 0 bridgehead atoms. The molecule has 2 atom stereocenters. The molecule has 2 amide bonds. The minimum Gasteiger partial charge on any atom is -0.465 e. The van der Waals surface area contributed by atoms with Crippen molar-refractivity contribution in [2.45, 2.75) is 46.6 Å². The Morgan fingerprint density at radius 1 is 1.33 bits per heavy atom. The molecular formula is C22H29N3O4S. The monoisotopic (exact) mass is 431 g/mol. The van der Waals surface area contributed by atoms with Crippen molar-refractivity contribution in [3.05, 3.63) is 35.3 Å². The van der Waals surface area contributed by atoms with Gasteiger partial charge < -0.3 is 14.7 Å². The molecule has 3 rings (SSSR count). The number of hydrogen-bond donors (Lipinski definition) is 2. The van der Waals surface area contributed by atoms with E-state index in [1.165, 1.54) is 16.2 Å². The number of nitrogens with one attached hydrogen (secondary N) is 1. The lowest BCUT2D eigenvalue weighted by Gasteiger charge is -2.44. The number of amides is 2. The van der Waals surface area contributed by atoms with Crippen LogP contribution in [-0.4, -0.2) is 46.4 Å². The number of rotatable bonds is 4. The molecule has 1 fully saturated rings. The Morgan fingerprint density at radius 3 is 2.70 bits per heavy atom. The molecule has 162 valence electrons. The van der Waals surface area contributed by atoms with Gasteiger partial charge in [-0.3, -0.25) is 5.32 Å². The van der Waals surface area contributed by atoms with Crippen molar-refractivity contribution in [3.63, 3.8) is 0 Å². The second-order valence-corrected chi connectivity index (χ2v) is 9.67. The van der Waals surface area contributed by atoms with E-state index in [0.717, 1.165) is 16.3 Å². The maximum absolute atomic E-state index is 12.4.